The third-order valence-corrected chi connectivity index (χ3v) is 4.57. The van der Waals surface area contributed by atoms with E-state index in [4.69, 9.17) is 4.74 Å². The Bertz CT molecular complexity index is 257. The molecule has 2 atom stereocenters. The van der Waals surface area contributed by atoms with Gasteiger partial charge in [0.1, 0.15) is 0 Å². The fourth-order valence-corrected chi connectivity index (χ4v) is 3.35. The zero-order chi connectivity index (χ0) is 12.1. The van der Waals surface area contributed by atoms with Gasteiger partial charge in [-0.3, -0.25) is 4.79 Å². The van der Waals surface area contributed by atoms with Crippen LogP contribution < -0.4 is 5.32 Å². The molecular formula is C12H22N2O2S. The minimum atomic E-state index is 0.285. The van der Waals surface area contributed by atoms with Gasteiger partial charge in [0.15, 0.2) is 0 Å². The highest BCUT2D eigenvalue weighted by atomic mass is 32.2. The third kappa shape index (κ3) is 3.60. The number of rotatable bonds is 3. The van der Waals surface area contributed by atoms with E-state index in [1.807, 2.05) is 16.7 Å². The van der Waals surface area contributed by atoms with Gasteiger partial charge in [0.25, 0.3) is 0 Å². The van der Waals surface area contributed by atoms with E-state index in [1.165, 1.54) is 5.75 Å². The van der Waals surface area contributed by atoms with Crippen LogP contribution in [0.2, 0.25) is 0 Å². The normalized spacial score (nSPS) is 30.3. The summed E-state index contributed by atoms with van der Waals surface area (Å²) in [7, 11) is 0. The lowest BCUT2D eigenvalue weighted by Gasteiger charge is -2.36. The van der Waals surface area contributed by atoms with Crippen LogP contribution in [0.4, 0.5) is 0 Å². The van der Waals surface area contributed by atoms with Crippen LogP contribution in [0.3, 0.4) is 0 Å². The summed E-state index contributed by atoms with van der Waals surface area (Å²) < 4.78 is 5.43. The van der Waals surface area contributed by atoms with Crippen LogP contribution in [0, 0.1) is 0 Å². The minimum absolute atomic E-state index is 0.285. The van der Waals surface area contributed by atoms with Crippen LogP contribution in [0.1, 0.15) is 19.8 Å². The highest BCUT2D eigenvalue weighted by molar-refractivity contribution is 7.99. The molecule has 0 aromatic heterocycles. The first-order valence-corrected chi connectivity index (χ1v) is 7.65. The standard InChI is InChI=1S/C12H22N2O2S/c1-2-11-8-16-5-4-14(11)12(15)7-10-9-17-6-3-13-10/h10-11,13H,2-9H2,1H3. The molecule has 2 unspecified atom stereocenters. The van der Waals surface area contributed by atoms with Crippen molar-refractivity contribution < 1.29 is 9.53 Å². The monoisotopic (exact) mass is 258 g/mol. The summed E-state index contributed by atoms with van der Waals surface area (Å²) in [6.07, 6.45) is 1.63. The van der Waals surface area contributed by atoms with E-state index in [2.05, 4.69) is 12.2 Å². The molecule has 1 amide bonds. The lowest BCUT2D eigenvalue weighted by atomic mass is 10.1. The van der Waals surface area contributed by atoms with Crippen molar-refractivity contribution in [1.29, 1.82) is 0 Å². The number of ether oxygens (including phenoxy) is 1. The molecule has 0 saturated carbocycles. The molecule has 0 bridgehead atoms. The Hall–Kier alpha value is -0.260. The Morgan fingerprint density at radius 1 is 1.59 bits per heavy atom. The number of amides is 1. The predicted octanol–water partition coefficient (Wildman–Crippen LogP) is 0.719. The molecule has 17 heavy (non-hydrogen) atoms. The van der Waals surface area contributed by atoms with Gasteiger partial charge < -0.3 is 15.0 Å². The molecule has 4 nitrogen and oxygen atoms in total. The molecule has 0 aromatic carbocycles. The molecule has 2 saturated heterocycles. The summed E-state index contributed by atoms with van der Waals surface area (Å²) in [6.45, 7) is 5.30. The summed E-state index contributed by atoms with van der Waals surface area (Å²) in [5.74, 6) is 2.52. The second-order valence-electron chi connectivity index (χ2n) is 4.65. The molecule has 1 N–H and O–H groups in total. The van der Waals surface area contributed by atoms with Gasteiger partial charge in [0, 0.05) is 37.1 Å². The van der Waals surface area contributed by atoms with E-state index in [1.54, 1.807) is 0 Å². The van der Waals surface area contributed by atoms with Gasteiger partial charge in [0.2, 0.25) is 5.91 Å². The highest BCUT2D eigenvalue weighted by Gasteiger charge is 2.27. The zero-order valence-electron chi connectivity index (χ0n) is 10.5. The van der Waals surface area contributed by atoms with Crippen molar-refractivity contribution in [2.45, 2.75) is 31.8 Å². The van der Waals surface area contributed by atoms with Gasteiger partial charge in [-0.15, -0.1) is 0 Å². The molecule has 0 radical (unpaired) electrons. The van der Waals surface area contributed by atoms with Crippen LogP contribution in [0.25, 0.3) is 0 Å². The summed E-state index contributed by atoms with van der Waals surface area (Å²) in [4.78, 5) is 14.3. The summed E-state index contributed by atoms with van der Waals surface area (Å²) in [5, 5.41) is 3.42. The topological polar surface area (TPSA) is 41.6 Å². The SMILES string of the molecule is CCC1COCCN1C(=O)CC1CSCCN1. The highest BCUT2D eigenvalue weighted by Crippen LogP contribution is 2.15. The molecule has 0 aliphatic carbocycles. The number of nitrogens with one attached hydrogen (secondary N) is 1. The maximum absolute atomic E-state index is 12.3. The van der Waals surface area contributed by atoms with E-state index in [-0.39, 0.29) is 6.04 Å². The first kappa shape index (κ1) is 13.2. The number of carbonyl (C=O) groups is 1. The van der Waals surface area contributed by atoms with Crippen molar-refractivity contribution >= 4 is 17.7 Å². The molecule has 0 aromatic rings. The number of nitrogens with zero attached hydrogens (tertiary/aromatic N) is 1. The van der Waals surface area contributed by atoms with E-state index >= 15 is 0 Å². The van der Waals surface area contributed by atoms with E-state index in [9.17, 15) is 4.79 Å². The van der Waals surface area contributed by atoms with Gasteiger partial charge >= 0.3 is 0 Å². The Labute approximate surface area is 107 Å². The van der Waals surface area contributed by atoms with Gasteiger partial charge in [-0.05, 0) is 6.42 Å². The lowest BCUT2D eigenvalue weighted by Crippen LogP contribution is -2.50. The largest absolute Gasteiger partial charge is 0.377 e. The van der Waals surface area contributed by atoms with Crippen molar-refractivity contribution in [2.24, 2.45) is 0 Å². The van der Waals surface area contributed by atoms with Gasteiger partial charge in [-0.25, -0.2) is 0 Å². The maximum Gasteiger partial charge on any atom is 0.224 e. The van der Waals surface area contributed by atoms with Crippen LogP contribution in [0.5, 0.6) is 0 Å². The molecule has 5 heteroatoms. The Morgan fingerprint density at radius 2 is 2.47 bits per heavy atom. The molecule has 98 valence electrons. The van der Waals surface area contributed by atoms with Gasteiger partial charge in [0.05, 0.1) is 19.3 Å². The van der Waals surface area contributed by atoms with Gasteiger partial charge in [-0.1, -0.05) is 6.92 Å². The number of hydrogen-bond acceptors (Lipinski definition) is 4. The molecule has 2 aliphatic rings. The predicted molar refractivity (Wildman–Crippen MR) is 70.3 cm³/mol. The summed E-state index contributed by atoms with van der Waals surface area (Å²) in [6, 6.07) is 0.647. The number of thioether (sulfide) groups is 1. The molecule has 2 rings (SSSR count). The van der Waals surface area contributed by atoms with Crippen molar-refractivity contribution in [3.05, 3.63) is 0 Å². The average molecular weight is 258 g/mol. The van der Waals surface area contributed by atoms with Crippen molar-refractivity contribution in [3.63, 3.8) is 0 Å². The fourth-order valence-electron chi connectivity index (χ4n) is 2.40. The second-order valence-corrected chi connectivity index (χ2v) is 5.80. The number of carbonyl (C=O) groups excluding carboxylic acids is 1. The van der Waals surface area contributed by atoms with E-state index in [0.29, 0.717) is 31.6 Å². The summed E-state index contributed by atoms with van der Waals surface area (Å²) in [5.41, 5.74) is 0. The Balaban J connectivity index is 1.84. The first-order chi connectivity index (χ1) is 8.31. The Morgan fingerprint density at radius 3 is 3.18 bits per heavy atom. The van der Waals surface area contributed by atoms with Crippen LogP contribution in [-0.4, -0.2) is 60.7 Å². The number of morpholine rings is 1. The molecule has 2 aliphatic heterocycles. The minimum Gasteiger partial charge on any atom is -0.377 e. The molecular weight excluding hydrogens is 236 g/mol. The smallest absolute Gasteiger partial charge is 0.224 e. The quantitative estimate of drug-likeness (QED) is 0.810. The van der Waals surface area contributed by atoms with E-state index in [0.717, 1.165) is 25.3 Å². The second kappa shape index (κ2) is 6.61. The average Bonchev–Trinajstić information content (AvgIpc) is 2.40. The van der Waals surface area contributed by atoms with Gasteiger partial charge in [-0.2, -0.15) is 11.8 Å². The molecule has 2 heterocycles. The number of hydrogen-bond donors (Lipinski definition) is 1. The Kier molecular flexibility index (Phi) is 5.13. The molecule has 0 spiro atoms. The third-order valence-electron chi connectivity index (χ3n) is 3.44. The van der Waals surface area contributed by atoms with Crippen molar-refractivity contribution in [1.82, 2.24) is 10.2 Å². The van der Waals surface area contributed by atoms with Crippen LogP contribution >= 0.6 is 11.8 Å². The molecule has 2 fully saturated rings. The fraction of sp³-hybridized carbons (Fsp3) is 0.917. The van der Waals surface area contributed by atoms with Crippen molar-refractivity contribution in [3.8, 4) is 0 Å². The van der Waals surface area contributed by atoms with Crippen molar-refractivity contribution in [2.75, 3.05) is 37.8 Å². The summed E-state index contributed by atoms with van der Waals surface area (Å²) >= 11 is 1.94. The maximum atomic E-state index is 12.3. The van der Waals surface area contributed by atoms with Crippen LogP contribution in [0.15, 0.2) is 0 Å². The first-order valence-electron chi connectivity index (χ1n) is 6.49. The van der Waals surface area contributed by atoms with E-state index < -0.39 is 0 Å². The van der Waals surface area contributed by atoms with Crippen LogP contribution in [-0.2, 0) is 9.53 Å². The zero-order valence-corrected chi connectivity index (χ0v) is 11.3. The lowest BCUT2D eigenvalue weighted by molar-refractivity contribution is -0.140.